The van der Waals surface area contributed by atoms with E-state index in [1.54, 1.807) is 24.4 Å². The Balaban J connectivity index is 1.09. The fourth-order valence-corrected chi connectivity index (χ4v) is 5.78. The molecule has 3 unspecified atom stereocenters. The van der Waals surface area contributed by atoms with E-state index in [-0.39, 0.29) is 29.6 Å². The second kappa shape index (κ2) is 8.68. The molecule has 1 saturated carbocycles. The number of hydrogen-bond donors (Lipinski definition) is 2. The number of likely N-dealkylation sites (N-methyl/N-ethyl adjacent to an activating group) is 1. The lowest BCUT2D eigenvalue weighted by Crippen LogP contribution is -2.55. The van der Waals surface area contributed by atoms with Gasteiger partial charge in [0.05, 0.1) is 5.41 Å². The molecule has 4 aliphatic rings. The van der Waals surface area contributed by atoms with Crippen molar-refractivity contribution in [3.8, 4) is 0 Å². The summed E-state index contributed by atoms with van der Waals surface area (Å²) in [5, 5.41) is 5.95. The average molecular weight is 481 g/mol. The maximum atomic E-state index is 12.9. The Hall–Kier alpha value is -3.84. The lowest BCUT2D eigenvalue weighted by atomic mass is 9.50. The molecule has 0 radical (unpaired) electrons. The number of amides is 3. The van der Waals surface area contributed by atoms with Gasteiger partial charge in [0.25, 0.3) is 17.7 Å². The van der Waals surface area contributed by atoms with Crippen LogP contribution in [0, 0.1) is 17.3 Å². The lowest BCUT2D eigenvalue weighted by molar-refractivity contribution is -0.135. The first-order valence-electron chi connectivity index (χ1n) is 12.4. The van der Waals surface area contributed by atoms with Gasteiger partial charge in [0.2, 0.25) is 0 Å². The molecule has 7 heteroatoms. The number of carbonyl (C=O) groups is 3. The molecule has 2 aliphatic heterocycles. The van der Waals surface area contributed by atoms with E-state index >= 15 is 0 Å². The molecule has 2 aromatic rings. The predicted molar refractivity (Wildman–Crippen MR) is 137 cm³/mol. The van der Waals surface area contributed by atoms with Crippen molar-refractivity contribution >= 4 is 29.6 Å². The highest BCUT2D eigenvalue weighted by molar-refractivity contribution is 6.04. The number of fused-ring (bicyclic) bond motifs is 1. The van der Waals surface area contributed by atoms with Gasteiger partial charge in [-0.05, 0) is 60.8 Å². The second-order valence-electron chi connectivity index (χ2n) is 10.3. The third kappa shape index (κ3) is 3.89. The van der Waals surface area contributed by atoms with Crippen LogP contribution in [0.3, 0.4) is 0 Å². The van der Waals surface area contributed by atoms with Crippen molar-refractivity contribution < 1.29 is 14.4 Å². The van der Waals surface area contributed by atoms with Crippen LogP contribution in [0.5, 0.6) is 0 Å². The van der Waals surface area contributed by atoms with Crippen LogP contribution in [-0.4, -0.2) is 42.4 Å². The summed E-state index contributed by atoms with van der Waals surface area (Å²) in [4.78, 5) is 44.2. The summed E-state index contributed by atoms with van der Waals surface area (Å²) in [6, 6.07) is 13.4. The molecule has 3 atom stereocenters. The van der Waals surface area contributed by atoms with Gasteiger partial charge in [0, 0.05) is 54.5 Å². The molecule has 0 saturated heterocycles. The molecule has 2 N–H and O–H groups in total. The molecule has 36 heavy (non-hydrogen) atoms. The normalized spacial score (nSPS) is 25.8. The molecule has 182 valence electrons. The Kier molecular flexibility index (Phi) is 5.45. The molecule has 2 bridgehead atoms. The van der Waals surface area contributed by atoms with E-state index in [1.165, 1.54) is 11.1 Å². The maximum Gasteiger partial charge on any atom is 0.256 e. The second-order valence-corrected chi connectivity index (χ2v) is 10.3. The largest absolute Gasteiger partial charge is 0.348 e. The van der Waals surface area contributed by atoms with Gasteiger partial charge in [-0.25, -0.2) is 4.99 Å². The highest BCUT2D eigenvalue weighted by Gasteiger charge is 2.59. The molecule has 0 spiro atoms. The summed E-state index contributed by atoms with van der Waals surface area (Å²) in [5.74, 6) is -0.242. The molecule has 2 aliphatic carbocycles. The number of anilines is 1. The Morgan fingerprint density at radius 1 is 1.14 bits per heavy atom. The van der Waals surface area contributed by atoms with Crippen LogP contribution in [0.2, 0.25) is 0 Å². The van der Waals surface area contributed by atoms with E-state index < -0.39 is 5.41 Å². The number of nitrogens with zero attached hydrogens (tertiary/aromatic N) is 2. The van der Waals surface area contributed by atoms with Crippen molar-refractivity contribution in [1.82, 2.24) is 10.2 Å². The summed E-state index contributed by atoms with van der Waals surface area (Å²) in [5.41, 5.74) is 4.76. The fourth-order valence-electron chi connectivity index (χ4n) is 5.78. The summed E-state index contributed by atoms with van der Waals surface area (Å²) in [7, 11) is 2.10. The Labute approximate surface area is 210 Å². The molecule has 2 aromatic carbocycles. The molecule has 7 nitrogen and oxygen atoms in total. The van der Waals surface area contributed by atoms with Gasteiger partial charge in [-0.15, -0.1) is 0 Å². The molecule has 0 aromatic heterocycles. The summed E-state index contributed by atoms with van der Waals surface area (Å²) in [6.07, 6.45) is 9.02. The van der Waals surface area contributed by atoms with Gasteiger partial charge < -0.3 is 15.5 Å². The number of nitrogens with one attached hydrogen (secondary N) is 2. The zero-order valence-corrected chi connectivity index (χ0v) is 20.2. The van der Waals surface area contributed by atoms with E-state index in [4.69, 9.17) is 0 Å². The first-order valence-corrected chi connectivity index (χ1v) is 12.4. The minimum absolute atomic E-state index is 0.0178. The zero-order valence-electron chi connectivity index (χ0n) is 20.2. The average Bonchev–Trinajstić information content (AvgIpc) is 2.87. The number of rotatable bonds is 5. The number of allylic oxidation sites excluding steroid dienone is 1. The highest BCUT2D eigenvalue weighted by atomic mass is 16.2. The summed E-state index contributed by atoms with van der Waals surface area (Å²) >= 11 is 0. The first-order chi connectivity index (χ1) is 17.4. The minimum Gasteiger partial charge on any atom is -0.348 e. The zero-order chi connectivity index (χ0) is 24.9. The highest BCUT2D eigenvalue weighted by Crippen LogP contribution is 2.57. The standard InChI is InChI=1S/C29H28N4O3/c1-33-10-8-19-5-6-24(12-22(19)17-33)32-27(35)20-4-2-3-18(11-20)15-30-26(34)21-7-9-29-14-23(25(29)13-21)16-31-28(29)36/h2-7,9,11-13,16,23,25H,8,10,14-15,17H2,1H3,(H,30,34)(H,32,35). The van der Waals surface area contributed by atoms with Gasteiger partial charge >= 0.3 is 0 Å². The van der Waals surface area contributed by atoms with Crippen molar-refractivity contribution in [2.24, 2.45) is 22.2 Å². The van der Waals surface area contributed by atoms with E-state index in [0.717, 1.165) is 37.2 Å². The van der Waals surface area contributed by atoms with E-state index in [9.17, 15) is 14.4 Å². The van der Waals surface area contributed by atoms with Crippen molar-refractivity contribution in [2.75, 3.05) is 18.9 Å². The maximum absolute atomic E-state index is 12.9. The van der Waals surface area contributed by atoms with E-state index in [2.05, 4.69) is 39.7 Å². The molecule has 1 fully saturated rings. The smallest absolute Gasteiger partial charge is 0.256 e. The van der Waals surface area contributed by atoms with Crippen LogP contribution < -0.4 is 10.6 Å². The van der Waals surface area contributed by atoms with Crippen molar-refractivity contribution in [3.05, 3.63) is 88.5 Å². The monoisotopic (exact) mass is 480 g/mol. The molecule has 2 heterocycles. The Bertz CT molecular complexity index is 1370. The quantitative estimate of drug-likeness (QED) is 0.687. The minimum atomic E-state index is -0.543. The third-order valence-corrected chi connectivity index (χ3v) is 7.90. The predicted octanol–water partition coefficient (Wildman–Crippen LogP) is 3.27. The molecule has 3 amide bonds. The van der Waals surface area contributed by atoms with Gasteiger partial charge in [-0.3, -0.25) is 14.4 Å². The number of carbonyl (C=O) groups excluding carboxylic acids is 3. The van der Waals surface area contributed by atoms with Crippen LogP contribution in [0.25, 0.3) is 0 Å². The Morgan fingerprint density at radius 3 is 2.89 bits per heavy atom. The van der Waals surface area contributed by atoms with Crippen LogP contribution in [0.15, 0.2) is 71.3 Å². The number of aliphatic imine (C=N–C) groups is 1. The van der Waals surface area contributed by atoms with Crippen molar-refractivity contribution in [3.63, 3.8) is 0 Å². The van der Waals surface area contributed by atoms with E-state index in [1.807, 2.05) is 30.4 Å². The summed E-state index contributed by atoms with van der Waals surface area (Å²) < 4.78 is 0. The van der Waals surface area contributed by atoms with Crippen LogP contribution in [0.1, 0.15) is 33.5 Å². The lowest BCUT2D eigenvalue weighted by Gasteiger charge is -2.53. The van der Waals surface area contributed by atoms with Crippen LogP contribution in [0.4, 0.5) is 5.69 Å². The Morgan fingerprint density at radius 2 is 2.03 bits per heavy atom. The van der Waals surface area contributed by atoms with Crippen LogP contribution >= 0.6 is 0 Å². The first kappa shape index (κ1) is 22.6. The van der Waals surface area contributed by atoms with Gasteiger partial charge in [0.15, 0.2) is 0 Å². The SMILES string of the molecule is CN1CCc2ccc(NC(=O)c3cccc(CNC(=O)C4=CC5C6C=NC(=O)C5(C=C4)C6)c3)cc2C1. The topological polar surface area (TPSA) is 90.9 Å². The van der Waals surface area contributed by atoms with Crippen molar-refractivity contribution in [1.29, 1.82) is 0 Å². The van der Waals surface area contributed by atoms with Gasteiger partial charge in [-0.2, -0.15) is 0 Å². The number of benzene rings is 2. The van der Waals surface area contributed by atoms with Gasteiger partial charge in [0.1, 0.15) is 0 Å². The molecule has 6 rings (SSSR count). The van der Waals surface area contributed by atoms with Crippen LogP contribution in [-0.2, 0) is 29.1 Å². The fraction of sp³-hybridized carbons (Fsp3) is 0.310. The third-order valence-electron chi connectivity index (χ3n) is 7.90. The van der Waals surface area contributed by atoms with Crippen molar-refractivity contribution in [2.45, 2.75) is 25.9 Å². The molecular formula is C29H28N4O3. The summed E-state index contributed by atoms with van der Waals surface area (Å²) in [6.45, 7) is 2.23. The van der Waals surface area contributed by atoms with Gasteiger partial charge in [-0.1, -0.05) is 36.4 Å². The molecular weight excluding hydrogens is 452 g/mol. The number of hydrogen-bond acceptors (Lipinski definition) is 4. The van der Waals surface area contributed by atoms with E-state index in [0.29, 0.717) is 17.7 Å².